The van der Waals surface area contributed by atoms with E-state index >= 15 is 0 Å². The van der Waals surface area contributed by atoms with Crippen LogP contribution in [0.5, 0.6) is 0 Å². The number of aliphatic carboxylic acids is 1. The van der Waals surface area contributed by atoms with Crippen LogP contribution >= 0.6 is 0 Å². The molecule has 146 valence electrons. The molecule has 0 aromatic carbocycles. The van der Waals surface area contributed by atoms with Gasteiger partial charge in [-0.3, -0.25) is 0 Å². The maximum Gasteiger partial charge on any atom is 0.335 e. The number of hydrogen-bond donors (Lipinski definition) is 3. The Balaban J connectivity index is 2.62. The van der Waals surface area contributed by atoms with Crippen molar-refractivity contribution in [3.05, 3.63) is 121 Å². The molecule has 0 aromatic heterocycles. The zero-order chi connectivity index (χ0) is 20.8. The number of allylic oxidation sites excluding steroid dienone is 14. The number of aliphatic hydroxyl groups excluding tert-OH is 1. The highest BCUT2D eigenvalue weighted by Crippen LogP contribution is 2.18. The van der Waals surface area contributed by atoms with Crippen molar-refractivity contribution in [3.63, 3.8) is 0 Å². The van der Waals surface area contributed by atoms with Gasteiger partial charge in [0, 0.05) is 5.57 Å². The van der Waals surface area contributed by atoms with E-state index in [9.17, 15) is 4.79 Å². The minimum Gasteiger partial charge on any atom is -0.478 e. The highest BCUT2D eigenvalue weighted by Gasteiger charge is 2.10. The Morgan fingerprint density at radius 3 is 2.36 bits per heavy atom. The van der Waals surface area contributed by atoms with Crippen molar-refractivity contribution in [2.75, 3.05) is 0 Å². The number of carboxylic acid groups (broad SMARTS) is 1. The fraction of sp³-hybridized carbons (Fsp3) is 0.125. The van der Waals surface area contributed by atoms with E-state index in [1.807, 2.05) is 48.6 Å². The Morgan fingerprint density at radius 1 is 1.07 bits per heavy atom. The van der Waals surface area contributed by atoms with Crippen molar-refractivity contribution in [2.24, 2.45) is 5.92 Å². The lowest BCUT2D eigenvalue weighted by Crippen LogP contribution is -2.05. The van der Waals surface area contributed by atoms with E-state index in [-0.39, 0.29) is 5.92 Å². The van der Waals surface area contributed by atoms with Gasteiger partial charge in [-0.15, -0.1) is 0 Å². The fourth-order valence-electron chi connectivity index (χ4n) is 2.26. The highest BCUT2D eigenvalue weighted by molar-refractivity contribution is 5.90. The second-order valence-corrected chi connectivity index (χ2v) is 5.86. The maximum absolute atomic E-state index is 10.9. The summed E-state index contributed by atoms with van der Waals surface area (Å²) in [5.74, 6) is -0.741. The Hall–Kier alpha value is -3.21. The lowest BCUT2D eigenvalue weighted by atomic mass is 9.95. The van der Waals surface area contributed by atoms with E-state index in [2.05, 4.69) is 13.2 Å². The Morgan fingerprint density at radius 2 is 1.79 bits per heavy atom. The number of aliphatic hydroxyl groups is 2. The van der Waals surface area contributed by atoms with Crippen molar-refractivity contribution >= 4 is 5.97 Å². The Kier molecular flexibility index (Phi) is 10.6. The molecule has 0 bridgehead atoms. The summed E-state index contributed by atoms with van der Waals surface area (Å²) in [7, 11) is 0. The molecular formula is C24H26O4. The average molecular weight is 378 g/mol. The largest absolute Gasteiger partial charge is 0.478 e. The summed E-state index contributed by atoms with van der Waals surface area (Å²) in [6.45, 7) is 7.22. The van der Waals surface area contributed by atoms with Crippen LogP contribution in [0.1, 0.15) is 6.42 Å². The van der Waals surface area contributed by atoms with Crippen LogP contribution in [0.25, 0.3) is 0 Å². The second-order valence-electron chi connectivity index (χ2n) is 5.86. The summed E-state index contributed by atoms with van der Waals surface area (Å²) in [5, 5.41) is 27.0. The normalized spacial score (nSPS) is 18.7. The van der Waals surface area contributed by atoms with Gasteiger partial charge in [0.05, 0.1) is 5.57 Å². The lowest BCUT2D eigenvalue weighted by molar-refractivity contribution is -0.132. The first-order valence-corrected chi connectivity index (χ1v) is 8.80. The van der Waals surface area contributed by atoms with E-state index in [4.69, 9.17) is 15.3 Å². The van der Waals surface area contributed by atoms with E-state index in [1.165, 1.54) is 6.08 Å². The molecule has 0 radical (unpaired) electrons. The molecule has 4 nitrogen and oxygen atoms in total. The van der Waals surface area contributed by atoms with Gasteiger partial charge < -0.3 is 15.3 Å². The molecule has 0 amide bonds. The summed E-state index contributed by atoms with van der Waals surface area (Å²) in [6.07, 6.45) is 25.8. The van der Waals surface area contributed by atoms with Gasteiger partial charge in [0.1, 0.15) is 0 Å². The molecule has 0 aromatic rings. The molecule has 1 rings (SSSR count). The predicted octanol–water partition coefficient (Wildman–Crippen LogP) is 4.33. The topological polar surface area (TPSA) is 77.8 Å². The molecule has 0 heterocycles. The van der Waals surface area contributed by atoms with Gasteiger partial charge in [-0.1, -0.05) is 104 Å². The standard InChI is InChI=1S/C24H26O4/c1-3-10-19(13-14-20-15-17-22(18-16-20)24(27)28)11-8-6-5-7-9-12-21(4-2)23(25)26/h3-15,17-18,20,23,25-26H,1-2,16H2,(H,27,28)/b6-5+,9-7+,11-8+,14-13+,19-10+,21-12+. The van der Waals surface area contributed by atoms with Gasteiger partial charge in [-0.2, -0.15) is 0 Å². The predicted molar refractivity (Wildman–Crippen MR) is 114 cm³/mol. The van der Waals surface area contributed by atoms with Crippen molar-refractivity contribution in [1.82, 2.24) is 0 Å². The quantitative estimate of drug-likeness (QED) is 0.390. The van der Waals surface area contributed by atoms with Crippen LogP contribution in [-0.2, 0) is 4.79 Å². The monoisotopic (exact) mass is 378 g/mol. The maximum atomic E-state index is 10.9. The molecule has 28 heavy (non-hydrogen) atoms. The van der Waals surface area contributed by atoms with Crippen molar-refractivity contribution in [2.45, 2.75) is 12.7 Å². The first-order valence-electron chi connectivity index (χ1n) is 8.80. The van der Waals surface area contributed by atoms with Crippen LogP contribution < -0.4 is 0 Å². The molecule has 0 saturated heterocycles. The van der Waals surface area contributed by atoms with Gasteiger partial charge >= 0.3 is 5.97 Å². The van der Waals surface area contributed by atoms with Gasteiger partial charge in [0.25, 0.3) is 0 Å². The number of carbonyl (C=O) groups is 1. The summed E-state index contributed by atoms with van der Waals surface area (Å²) in [4.78, 5) is 10.9. The van der Waals surface area contributed by atoms with Gasteiger partial charge in [-0.05, 0) is 17.9 Å². The molecule has 4 heteroatoms. The van der Waals surface area contributed by atoms with Crippen LogP contribution in [0.4, 0.5) is 0 Å². The van der Waals surface area contributed by atoms with E-state index in [0.717, 1.165) is 5.57 Å². The molecule has 1 unspecified atom stereocenters. The van der Waals surface area contributed by atoms with Gasteiger partial charge in [0.15, 0.2) is 6.29 Å². The third-order valence-electron chi connectivity index (χ3n) is 3.78. The molecule has 0 aliphatic heterocycles. The van der Waals surface area contributed by atoms with Crippen molar-refractivity contribution < 1.29 is 20.1 Å². The van der Waals surface area contributed by atoms with Crippen LogP contribution in [0.15, 0.2) is 121 Å². The minimum atomic E-state index is -1.53. The molecule has 1 aliphatic carbocycles. The molecule has 0 saturated carbocycles. The number of hydrogen-bond acceptors (Lipinski definition) is 3. The molecule has 3 N–H and O–H groups in total. The third-order valence-corrected chi connectivity index (χ3v) is 3.78. The van der Waals surface area contributed by atoms with E-state index < -0.39 is 12.3 Å². The summed E-state index contributed by atoms with van der Waals surface area (Å²) >= 11 is 0. The SMILES string of the molecule is C=C/C=C(\C=C\C=C\C=C\C=C(/C=C)C(O)O)/C=C/C1C=CC(C(=O)O)=CC1. The molecular weight excluding hydrogens is 352 g/mol. The lowest BCUT2D eigenvalue weighted by Gasteiger charge is -2.10. The average Bonchev–Trinajstić information content (AvgIpc) is 2.68. The van der Waals surface area contributed by atoms with Crippen LogP contribution in [0, 0.1) is 5.92 Å². The molecule has 0 fully saturated rings. The van der Waals surface area contributed by atoms with Crippen LogP contribution in [0.2, 0.25) is 0 Å². The fourth-order valence-corrected chi connectivity index (χ4v) is 2.26. The van der Waals surface area contributed by atoms with Crippen molar-refractivity contribution in [1.29, 1.82) is 0 Å². The first kappa shape index (κ1) is 22.8. The molecule has 0 spiro atoms. The molecule has 1 atom stereocenters. The zero-order valence-electron chi connectivity index (χ0n) is 15.7. The van der Waals surface area contributed by atoms with Gasteiger partial charge in [0.2, 0.25) is 0 Å². The summed E-state index contributed by atoms with van der Waals surface area (Å²) < 4.78 is 0. The Bertz CT molecular complexity index is 796. The summed E-state index contributed by atoms with van der Waals surface area (Å²) in [6, 6.07) is 0. The zero-order valence-corrected chi connectivity index (χ0v) is 15.7. The van der Waals surface area contributed by atoms with Crippen LogP contribution in [0.3, 0.4) is 0 Å². The first-order chi connectivity index (χ1) is 13.5. The summed E-state index contributed by atoms with van der Waals surface area (Å²) in [5.41, 5.74) is 1.61. The minimum absolute atomic E-state index is 0.163. The van der Waals surface area contributed by atoms with Crippen LogP contribution in [-0.4, -0.2) is 27.6 Å². The number of rotatable bonds is 10. The van der Waals surface area contributed by atoms with E-state index in [1.54, 1.807) is 36.5 Å². The smallest absolute Gasteiger partial charge is 0.335 e. The second kappa shape index (κ2) is 13.0. The number of carboxylic acids is 1. The molecule has 1 aliphatic rings. The van der Waals surface area contributed by atoms with Crippen molar-refractivity contribution in [3.8, 4) is 0 Å². The Labute approximate surface area is 166 Å². The highest BCUT2D eigenvalue weighted by atomic mass is 16.5. The van der Waals surface area contributed by atoms with Gasteiger partial charge in [-0.25, -0.2) is 4.79 Å². The van der Waals surface area contributed by atoms with E-state index in [0.29, 0.717) is 17.6 Å². The third kappa shape index (κ3) is 8.94.